The molecule has 0 unspecified atom stereocenters. The van der Waals surface area contributed by atoms with E-state index < -0.39 is 21.1 Å². The van der Waals surface area contributed by atoms with Gasteiger partial charge in [-0.2, -0.15) is 0 Å². The quantitative estimate of drug-likeness (QED) is 0.568. The largest absolute Gasteiger partial charge is 0.367 e. The summed E-state index contributed by atoms with van der Waals surface area (Å²) in [5.41, 5.74) is 1.85. The average molecular weight is 472 g/mol. The Kier molecular flexibility index (Phi) is 6.33. The van der Waals surface area contributed by atoms with Crippen molar-refractivity contribution in [3.8, 4) is 0 Å². The number of halogens is 1. The SMILES string of the molecule is CCCN1CCN(c2cc3c(cc2F)c(=O)c(S(=O)(=O)c2cc(C)cc(C)c2)cn3C)CC1. The fourth-order valence-corrected chi connectivity index (χ4v) is 6.23. The lowest BCUT2D eigenvalue weighted by molar-refractivity contribution is 0.258. The van der Waals surface area contributed by atoms with E-state index in [9.17, 15) is 13.2 Å². The molecule has 0 aliphatic carbocycles. The van der Waals surface area contributed by atoms with E-state index in [-0.39, 0.29) is 15.2 Å². The Balaban J connectivity index is 1.78. The van der Waals surface area contributed by atoms with Crippen LogP contribution in [0.25, 0.3) is 10.9 Å². The molecule has 8 heteroatoms. The number of hydrogen-bond acceptors (Lipinski definition) is 5. The fourth-order valence-electron chi connectivity index (χ4n) is 4.64. The number of sulfone groups is 1. The number of aromatic nitrogens is 1. The molecule has 0 bridgehead atoms. The van der Waals surface area contributed by atoms with Crippen molar-refractivity contribution in [1.29, 1.82) is 0 Å². The van der Waals surface area contributed by atoms with E-state index in [0.29, 0.717) is 24.3 Å². The smallest absolute Gasteiger partial charge is 0.211 e. The molecule has 1 fully saturated rings. The van der Waals surface area contributed by atoms with Gasteiger partial charge in [0.15, 0.2) is 0 Å². The van der Waals surface area contributed by atoms with E-state index in [0.717, 1.165) is 37.2 Å². The van der Waals surface area contributed by atoms with Gasteiger partial charge < -0.3 is 9.47 Å². The van der Waals surface area contributed by atoms with Crippen molar-refractivity contribution in [2.75, 3.05) is 37.6 Å². The summed E-state index contributed by atoms with van der Waals surface area (Å²) in [7, 11) is -2.37. The van der Waals surface area contributed by atoms with E-state index in [1.54, 1.807) is 29.8 Å². The molecule has 2 heterocycles. The van der Waals surface area contributed by atoms with Gasteiger partial charge in [-0.05, 0) is 62.2 Å². The second-order valence-electron chi connectivity index (χ2n) is 8.91. The van der Waals surface area contributed by atoms with Gasteiger partial charge in [-0.1, -0.05) is 13.0 Å². The molecule has 4 rings (SSSR count). The van der Waals surface area contributed by atoms with Crippen LogP contribution in [0, 0.1) is 19.7 Å². The molecule has 0 spiro atoms. The van der Waals surface area contributed by atoms with Gasteiger partial charge in [0, 0.05) is 39.4 Å². The molecule has 3 aromatic rings. The maximum Gasteiger partial charge on any atom is 0.211 e. The Hall–Kier alpha value is -2.71. The van der Waals surface area contributed by atoms with Crippen LogP contribution in [0.1, 0.15) is 24.5 Å². The van der Waals surface area contributed by atoms with E-state index in [1.807, 2.05) is 24.8 Å². The van der Waals surface area contributed by atoms with Gasteiger partial charge in [-0.15, -0.1) is 0 Å². The zero-order valence-electron chi connectivity index (χ0n) is 19.6. The summed E-state index contributed by atoms with van der Waals surface area (Å²) >= 11 is 0. The molecule has 33 heavy (non-hydrogen) atoms. The predicted molar refractivity (Wildman–Crippen MR) is 129 cm³/mol. The molecular formula is C25H30FN3O3S. The number of benzene rings is 2. The number of pyridine rings is 1. The Morgan fingerprint density at radius 2 is 1.61 bits per heavy atom. The third-order valence-electron chi connectivity index (χ3n) is 6.27. The lowest BCUT2D eigenvalue weighted by Gasteiger charge is -2.36. The first-order valence-corrected chi connectivity index (χ1v) is 12.7. The van der Waals surface area contributed by atoms with Gasteiger partial charge in [0.05, 0.1) is 21.5 Å². The summed E-state index contributed by atoms with van der Waals surface area (Å²) in [5.74, 6) is -0.510. The van der Waals surface area contributed by atoms with Crippen molar-refractivity contribution < 1.29 is 12.8 Å². The monoisotopic (exact) mass is 471 g/mol. The van der Waals surface area contributed by atoms with Crippen LogP contribution in [0.3, 0.4) is 0 Å². The highest BCUT2D eigenvalue weighted by atomic mass is 32.2. The second kappa shape index (κ2) is 8.91. The van der Waals surface area contributed by atoms with E-state index in [4.69, 9.17) is 0 Å². The number of rotatable bonds is 5. The number of hydrogen-bond donors (Lipinski definition) is 0. The Bertz CT molecular complexity index is 1350. The van der Waals surface area contributed by atoms with E-state index >= 15 is 4.39 Å². The first-order valence-electron chi connectivity index (χ1n) is 11.3. The van der Waals surface area contributed by atoms with Crippen LogP contribution >= 0.6 is 0 Å². The Morgan fingerprint density at radius 1 is 0.970 bits per heavy atom. The highest BCUT2D eigenvalue weighted by molar-refractivity contribution is 7.91. The Morgan fingerprint density at radius 3 is 2.21 bits per heavy atom. The molecular weight excluding hydrogens is 441 g/mol. The summed E-state index contributed by atoms with van der Waals surface area (Å²) in [6.45, 7) is 9.91. The lowest BCUT2D eigenvalue weighted by atomic mass is 10.1. The summed E-state index contributed by atoms with van der Waals surface area (Å²) in [6, 6.07) is 7.82. The van der Waals surface area contributed by atoms with E-state index in [2.05, 4.69) is 11.8 Å². The molecule has 0 amide bonds. The first-order chi connectivity index (χ1) is 15.6. The lowest BCUT2D eigenvalue weighted by Crippen LogP contribution is -2.46. The molecule has 176 valence electrons. The topological polar surface area (TPSA) is 62.6 Å². The summed E-state index contributed by atoms with van der Waals surface area (Å²) in [4.78, 5) is 17.3. The molecule has 2 aromatic carbocycles. The zero-order chi connectivity index (χ0) is 23.9. The number of aryl methyl sites for hydroxylation is 3. The molecule has 1 aliphatic rings. The number of nitrogens with zero attached hydrogens (tertiary/aromatic N) is 3. The van der Waals surface area contributed by atoms with Crippen molar-refractivity contribution in [2.45, 2.75) is 37.0 Å². The van der Waals surface area contributed by atoms with Gasteiger partial charge in [0.1, 0.15) is 10.7 Å². The van der Waals surface area contributed by atoms with Crippen molar-refractivity contribution in [3.05, 3.63) is 63.7 Å². The maximum absolute atomic E-state index is 15.2. The van der Waals surface area contributed by atoms with Gasteiger partial charge >= 0.3 is 0 Å². The van der Waals surface area contributed by atoms with Gasteiger partial charge in [0.2, 0.25) is 15.3 Å². The molecule has 6 nitrogen and oxygen atoms in total. The summed E-state index contributed by atoms with van der Waals surface area (Å²) in [6.07, 6.45) is 2.43. The number of piperazine rings is 1. The van der Waals surface area contributed by atoms with Crippen LogP contribution in [0.5, 0.6) is 0 Å². The minimum absolute atomic E-state index is 0.0637. The zero-order valence-corrected chi connectivity index (χ0v) is 20.4. The van der Waals surface area contributed by atoms with Crippen LogP contribution in [0.2, 0.25) is 0 Å². The summed E-state index contributed by atoms with van der Waals surface area (Å²) < 4.78 is 43.4. The minimum Gasteiger partial charge on any atom is -0.367 e. The average Bonchev–Trinajstić information content (AvgIpc) is 2.76. The third kappa shape index (κ3) is 4.42. The van der Waals surface area contributed by atoms with Gasteiger partial charge in [0.25, 0.3) is 0 Å². The molecule has 0 saturated carbocycles. The normalized spacial score (nSPS) is 15.4. The van der Waals surface area contributed by atoms with Crippen molar-refractivity contribution in [1.82, 2.24) is 9.47 Å². The highest BCUT2D eigenvalue weighted by Gasteiger charge is 2.26. The standard InChI is InChI=1S/C25H30FN3O3S/c1-5-6-28-7-9-29(10-8-28)23-15-22-20(14-21(23)26)25(30)24(16-27(22)4)33(31,32)19-12-17(2)11-18(3)13-19/h11-16H,5-10H2,1-4H3. The molecule has 0 N–H and O–H groups in total. The molecule has 1 saturated heterocycles. The van der Waals surface area contributed by atoms with Crippen molar-refractivity contribution in [3.63, 3.8) is 0 Å². The maximum atomic E-state index is 15.2. The van der Waals surface area contributed by atoms with Crippen molar-refractivity contribution in [2.24, 2.45) is 7.05 Å². The number of anilines is 1. The number of fused-ring (bicyclic) bond motifs is 1. The van der Waals surface area contributed by atoms with Crippen molar-refractivity contribution >= 4 is 26.4 Å². The molecule has 0 radical (unpaired) electrons. The van der Waals surface area contributed by atoms with Crippen LogP contribution in [-0.4, -0.2) is 50.6 Å². The third-order valence-corrected chi connectivity index (χ3v) is 8.00. The first kappa shape index (κ1) is 23.4. The van der Waals surface area contributed by atoms with Crippen LogP contribution in [0.4, 0.5) is 10.1 Å². The highest BCUT2D eigenvalue weighted by Crippen LogP contribution is 2.28. The minimum atomic E-state index is -4.06. The van der Waals surface area contributed by atoms with Crippen LogP contribution in [0.15, 0.2) is 51.1 Å². The Labute approximate surface area is 194 Å². The van der Waals surface area contributed by atoms with Crippen LogP contribution < -0.4 is 10.3 Å². The van der Waals surface area contributed by atoms with Gasteiger partial charge in [-0.25, -0.2) is 12.8 Å². The second-order valence-corrected chi connectivity index (χ2v) is 10.8. The fraction of sp³-hybridized carbons (Fsp3) is 0.400. The molecule has 1 aliphatic heterocycles. The predicted octanol–water partition coefficient (Wildman–Crippen LogP) is 3.66. The molecule has 1 aromatic heterocycles. The van der Waals surface area contributed by atoms with E-state index in [1.165, 1.54) is 12.3 Å². The van der Waals surface area contributed by atoms with Crippen LogP contribution in [-0.2, 0) is 16.9 Å². The summed E-state index contributed by atoms with van der Waals surface area (Å²) in [5, 5.41) is 0.0637. The van der Waals surface area contributed by atoms with Gasteiger partial charge in [-0.3, -0.25) is 9.69 Å². The molecule has 0 atom stereocenters.